The Morgan fingerprint density at radius 3 is 2.33 bits per heavy atom. The number of unbranched alkanes of at least 4 members (excludes halogenated alkanes) is 1. The van der Waals surface area contributed by atoms with Gasteiger partial charge in [-0.15, -0.1) is 0 Å². The summed E-state index contributed by atoms with van der Waals surface area (Å²) in [7, 11) is -8.84. The molecule has 0 saturated carbocycles. The first-order valence-corrected chi connectivity index (χ1v) is 8.53. The summed E-state index contributed by atoms with van der Waals surface area (Å²) in [5.74, 6) is 0. The molecule has 21 heavy (non-hydrogen) atoms. The van der Waals surface area contributed by atoms with Crippen molar-refractivity contribution >= 4 is 56.1 Å². The van der Waals surface area contributed by atoms with Gasteiger partial charge in [-0.25, -0.2) is 0 Å². The number of hydrogen-bond acceptors (Lipinski definition) is 6. The van der Waals surface area contributed by atoms with E-state index < -0.39 is 30.0 Å². The third-order valence-electron chi connectivity index (χ3n) is 2.41. The van der Waals surface area contributed by atoms with E-state index in [1.54, 1.807) is 0 Å². The van der Waals surface area contributed by atoms with Crippen molar-refractivity contribution in [1.29, 1.82) is 0 Å². The summed E-state index contributed by atoms with van der Waals surface area (Å²) in [6.45, 7) is 1.82. The fraction of sp³-hybridized carbons (Fsp3) is 0.364. The van der Waals surface area contributed by atoms with Crippen LogP contribution < -0.4 is 0 Å². The van der Waals surface area contributed by atoms with Crippen molar-refractivity contribution in [3.05, 3.63) is 23.8 Å². The average molecular weight is 346 g/mol. The van der Waals surface area contributed by atoms with Gasteiger partial charge in [-0.3, -0.25) is 13.5 Å². The first-order chi connectivity index (χ1) is 9.22. The predicted octanol–water partition coefficient (Wildman–Crippen LogP) is 0.603. The minimum absolute atomic E-state index is 0. The second-order valence-electron chi connectivity index (χ2n) is 3.92. The third kappa shape index (κ3) is 5.78. The summed E-state index contributed by atoms with van der Waals surface area (Å²) in [5.41, 5.74) is -0.333. The molecule has 0 amide bonds. The fourth-order valence-corrected chi connectivity index (χ4v) is 3.11. The Bertz CT molecular complexity index is 695. The Morgan fingerprint density at radius 1 is 1.24 bits per heavy atom. The number of rotatable bonds is 7. The molecule has 1 aromatic carbocycles. The second-order valence-corrected chi connectivity index (χ2v) is 6.93. The molecule has 0 spiro atoms. The summed E-state index contributed by atoms with van der Waals surface area (Å²) in [4.78, 5) is 9.48. The van der Waals surface area contributed by atoms with Crippen LogP contribution in [0.4, 0.5) is 0 Å². The van der Waals surface area contributed by atoms with Crippen molar-refractivity contribution in [3.8, 4) is 0 Å². The number of benzene rings is 1. The molecule has 1 rings (SSSR count). The Labute approximate surface area is 145 Å². The topological polar surface area (TPSA) is 115 Å². The van der Waals surface area contributed by atoms with Gasteiger partial charge in [-0.05, 0) is 24.6 Å². The van der Waals surface area contributed by atoms with Crippen molar-refractivity contribution in [2.75, 3.05) is 6.61 Å². The maximum atomic E-state index is 11.8. The normalized spacial score (nSPS) is 11.7. The van der Waals surface area contributed by atoms with E-state index in [-0.39, 0.29) is 48.0 Å². The SMILES string of the molecule is CCCCOS(=O)(=O)c1ccc(C=O)c(S(=O)(=O)O)c1.[NaH]. The van der Waals surface area contributed by atoms with Gasteiger partial charge in [-0.2, -0.15) is 16.8 Å². The molecule has 0 atom stereocenters. The van der Waals surface area contributed by atoms with Gasteiger partial charge in [0.15, 0.2) is 6.29 Å². The molecule has 10 heteroatoms. The van der Waals surface area contributed by atoms with Crippen molar-refractivity contribution in [2.45, 2.75) is 29.6 Å². The molecule has 1 N–H and O–H groups in total. The quantitative estimate of drug-likeness (QED) is 0.253. The van der Waals surface area contributed by atoms with Crippen LogP contribution in [0.1, 0.15) is 30.1 Å². The van der Waals surface area contributed by atoms with E-state index >= 15 is 0 Å². The van der Waals surface area contributed by atoms with Crippen LogP contribution in [0, 0.1) is 0 Å². The monoisotopic (exact) mass is 346 g/mol. The van der Waals surface area contributed by atoms with Gasteiger partial charge in [-0.1, -0.05) is 13.3 Å². The van der Waals surface area contributed by atoms with Gasteiger partial charge >= 0.3 is 29.6 Å². The van der Waals surface area contributed by atoms with Crippen molar-refractivity contribution in [1.82, 2.24) is 0 Å². The summed E-state index contributed by atoms with van der Waals surface area (Å²) in [5, 5.41) is 0. The van der Waals surface area contributed by atoms with E-state index in [9.17, 15) is 21.6 Å². The van der Waals surface area contributed by atoms with Crippen LogP contribution in [-0.4, -0.2) is 63.8 Å². The second kappa shape index (κ2) is 8.37. The molecule has 0 aliphatic rings. The minimum atomic E-state index is -4.70. The summed E-state index contributed by atoms with van der Waals surface area (Å²) >= 11 is 0. The van der Waals surface area contributed by atoms with Crippen molar-refractivity contribution in [3.63, 3.8) is 0 Å². The Kier molecular flexibility index (Phi) is 8.26. The van der Waals surface area contributed by atoms with Gasteiger partial charge < -0.3 is 0 Å². The third-order valence-corrected chi connectivity index (χ3v) is 4.63. The van der Waals surface area contributed by atoms with E-state index in [1.807, 2.05) is 6.92 Å². The van der Waals surface area contributed by atoms with Gasteiger partial charge in [0.1, 0.15) is 4.90 Å². The van der Waals surface area contributed by atoms with Crippen LogP contribution in [-0.2, 0) is 24.4 Å². The van der Waals surface area contributed by atoms with Crippen LogP contribution in [0.2, 0.25) is 0 Å². The number of carbonyl (C=O) groups is 1. The number of carbonyl (C=O) groups excluding carboxylic acids is 1. The van der Waals surface area contributed by atoms with E-state index in [0.717, 1.165) is 18.6 Å². The van der Waals surface area contributed by atoms with Crippen molar-refractivity contribution in [2.24, 2.45) is 0 Å². The fourth-order valence-electron chi connectivity index (χ4n) is 1.37. The molecule has 0 fully saturated rings. The molecule has 114 valence electrons. The van der Waals surface area contributed by atoms with Crippen LogP contribution in [0.25, 0.3) is 0 Å². The van der Waals surface area contributed by atoms with Gasteiger partial charge in [0.25, 0.3) is 20.2 Å². The molecule has 0 aliphatic carbocycles. The molecule has 0 radical (unpaired) electrons. The van der Waals surface area contributed by atoms with Gasteiger partial charge in [0.2, 0.25) is 0 Å². The van der Waals surface area contributed by atoms with E-state index in [0.29, 0.717) is 12.5 Å². The molecule has 1 aromatic rings. The predicted molar refractivity (Wildman–Crippen MR) is 76.8 cm³/mol. The van der Waals surface area contributed by atoms with Crippen molar-refractivity contribution < 1.29 is 30.4 Å². The first kappa shape index (κ1) is 20.7. The molecule has 7 nitrogen and oxygen atoms in total. The zero-order valence-corrected chi connectivity index (χ0v) is 12.3. The summed E-state index contributed by atoms with van der Waals surface area (Å²) in [6, 6.07) is 2.73. The average Bonchev–Trinajstić information content (AvgIpc) is 2.37. The number of hydrogen-bond donors (Lipinski definition) is 1. The maximum absolute atomic E-state index is 11.8. The summed E-state index contributed by atoms with van der Waals surface area (Å²) < 4.78 is 59.5. The molecular weight excluding hydrogens is 331 g/mol. The Morgan fingerprint density at radius 2 is 1.86 bits per heavy atom. The van der Waals surface area contributed by atoms with Gasteiger partial charge in [0, 0.05) is 5.56 Å². The Hall–Kier alpha value is -0.290. The summed E-state index contributed by atoms with van der Waals surface area (Å²) in [6.07, 6.45) is 1.46. The Balaban J connectivity index is 0.00000400. The van der Waals surface area contributed by atoms with Crippen LogP contribution in [0.15, 0.2) is 28.0 Å². The molecule has 0 aromatic heterocycles. The molecule has 0 unspecified atom stereocenters. The molecule has 0 aliphatic heterocycles. The number of aldehydes is 1. The van der Waals surface area contributed by atoms with Gasteiger partial charge in [0.05, 0.1) is 11.5 Å². The zero-order chi connectivity index (χ0) is 15.4. The first-order valence-electron chi connectivity index (χ1n) is 5.68. The molecule has 0 saturated heterocycles. The molecule has 0 bridgehead atoms. The van der Waals surface area contributed by atoms with Crippen LogP contribution in [0.5, 0.6) is 0 Å². The van der Waals surface area contributed by atoms with E-state index in [4.69, 9.17) is 8.74 Å². The zero-order valence-electron chi connectivity index (χ0n) is 10.6. The standard InChI is InChI=1S/C11H14O7S2.Na.H/c1-2-3-6-18-20(16,17)10-5-4-9(8-12)11(7-10)19(13,14)15;;/h4-5,7-8H,2-3,6H2,1H3,(H,13,14,15);;. The molecule has 0 heterocycles. The van der Waals surface area contributed by atoms with E-state index in [1.165, 1.54) is 0 Å². The van der Waals surface area contributed by atoms with E-state index in [2.05, 4.69) is 0 Å². The van der Waals surface area contributed by atoms with Crippen LogP contribution >= 0.6 is 0 Å². The molecular formula is C11H15NaO7S2. The van der Waals surface area contributed by atoms with Crippen LogP contribution in [0.3, 0.4) is 0 Å².